The van der Waals surface area contributed by atoms with Crippen LogP contribution in [0.15, 0.2) is 30.3 Å². The molecule has 2 atom stereocenters. The van der Waals surface area contributed by atoms with Crippen LogP contribution in [-0.4, -0.2) is 37.0 Å². The molecule has 1 aromatic carbocycles. The van der Waals surface area contributed by atoms with Gasteiger partial charge in [-0.25, -0.2) is 8.78 Å². The van der Waals surface area contributed by atoms with E-state index in [9.17, 15) is 8.78 Å². The summed E-state index contributed by atoms with van der Waals surface area (Å²) in [6, 6.07) is 10.1. The van der Waals surface area contributed by atoms with E-state index in [1.807, 2.05) is 18.2 Å². The highest BCUT2D eigenvalue weighted by molar-refractivity contribution is 5.15. The van der Waals surface area contributed by atoms with E-state index in [-0.39, 0.29) is 12.5 Å². The molecule has 3 rings (SSSR count). The number of piperidine rings is 1. The topological polar surface area (TPSA) is 15.3 Å². The highest BCUT2D eigenvalue weighted by Gasteiger charge is 2.50. The molecule has 2 fully saturated rings. The number of likely N-dealkylation sites (tertiary alicyclic amines) is 1. The minimum Gasteiger partial charge on any atom is -0.311 e. The smallest absolute Gasteiger partial charge is 0.264 e. The lowest BCUT2D eigenvalue weighted by atomic mass is 9.87. The first-order valence-electron chi connectivity index (χ1n) is 6.50. The summed E-state index contributed by atoms with van der Waals surface area (Å²) in [5.41, 5.74) is 1.20. The molecule has 2 aliphatic rings. The minimum absolute atomic E-state index is 0.0949. The zero-order chi connectivity index (χ0) is 12.6. The Balaban J connectivity index is 1.68. The van der Waals surface area contributed by atoms with Crippen LogP contribution in [0.3, 0.4) is 0 Å². The molecule has 0 radical (unpaired) electrons. The molecule has 2 heterocycles. The monoisotopic (exact) mass is 252 g/mol. The summed E-state index contributed by atoms with van der Waals surface area (Å²) >= 11 is 0. The summed E-state index contributed by atoms with van der Waals surface area (Å²) in [5, 5.41) is 2.85. The first kappa shape index (κ1) is 12.1. The Hall–Kier alpha value is -1.00. The Kier molecular flexibility index (Phi) is 3.08. The van der Waals surface area contributed by atoms with Gasteiger partial charge < -0.3 is 5.32 Å². The van der Waals surface area contributed by atoms with Crippen molar-refractivity contribution in [3.05, 3.63) is 35.9 Å². The Morgan fingerprint density at radius 1 is 1.22 bits per heavy atom. The average molecular weight is 252 g/mol. The molecule has 18 heavy (non-hydrogen) atoms. The van der Waals surface area contributed by atoms with Crippen molar-refractivity contribution in [2.75, 3.05) is 26.2 Å². The summed E-state index contributed by atoms with van der Waals surface area (Å²) < 4.78 is 27.6. The normalized spacial score (nSPS) is 31.2. The largest absolute Gasteiger partial charge is 0.311 e. The molecule has 98 valence electrons. The highest BCUT2D eigenvalue weighted by Crippen LogP contribution is 2.38. The highest BCUT2D eigenvalue weighted by atomic mass is 19.3. The molecule has 0 saturated carbocycles. The number of alkyl halides is 2. The van der Waals surface area contributed by atoms with Crippen molar-refractivity contribution >= 4 is 0 Å². The zero-order valence-corrected chi connectivity index (χ0v) is 10.3. The first-order valence-corrected chi connectivity index (χ1v) is 6.50. The molecule has 1 N–H and O–H groups in total. The lowest BCUT2D eigenvalue weighted by Crippen LogP contribution is -2.50. The molecule has 4 heteroatoms. The summed E-state index contributed by atoms with van der Waals surface area (Å²) in [7, 11) is 0. The number of benzene rings is 1. The number of hydrogen-bond donors (Lipinski definition) is 1. The molecule has 2 nitrogen and oxygen atoms in total. The van der Waals surface area contributed by atoms with E-state index >= 15 is 0 Å². The van der Waals surface area contributed by atoms with Gasteiger partial charge >= 0.3 is 0 Å². The molecule has 2 saturated heterocycles. The van der Waals surface area contributed by atoms with Crippen molar-refractivity contribution in [1.29, 1.82) is 0 Å². The van der Waals surface area contributed by atoms with Crippen LogP contribution in [0.1, 0.15) is 5.56 Å². The maximum atomic E-state index is 13.8. The zero-order valence-electron chi connectivity index (χ0n) is 10.3. The van der Waals surface area contributed by atoms with Gasteiger partial charge in [-0.15, -0.1) is 0 Å². The fraction of sp³-hybridized carbons (Fsp3) is 0.571. The standard InChI is InChI=1S/C14H18F2N2/c15-14(16)10-17-6-12-8-18(9-13(12)14)7-11-4-2-1-3-5-11/h1-5,12-13,17H,6-10H2/t12-,13+/m1/s1. The quantitative estimate of drug-likeness (QED) is 0.865. The predicted molar refractivity (Wildman–Crippen MR) is 66.5 cm³/mol. The van der Waals surface area contributed by atoms with Gasteiger partial charge in [-0.05, 0) is 18.0 Å². The van der Waals surface area contributed by atoms with Crippen LogP contribution >= 0.6 is 0 Å². The second-order valence-electron chi connectivity index (χ2n) is 5.44. The molecule has 0 spiro atoms. The number of nitrogens with zero attached hydrogens (tertiary/aromatic N) is 1. The second-order valence-corrected chi connectivity index (χ2v) is 5.44. The van der Waals surface area contributed by atoms with Gasteiger partial charge in [-0.1, -0.05) is 30.3 Å². The third-order valence-electron chi connectivity index (χ3n) is 4.08. The third kappa shape index (κ3) is 2.27. The van der Waals surface area contributed by atoms with Crippen LogP contribution in [0, 0.1) is 11.8 Å². The average Bonchev–Trinajstić information content (AvgIpc) is 2.74. The van der Waals surface area contributed by atoms with Crippen molar-refractivity contribution < 1.29 is 8.78 Å². The van der Waals surface area contributed by atoms with E-state index < -0.39 is 11.8 Å². The van der Waals surface area contributed by atoms with E-state index in [1.54, 1.807) is 0 Å². The van der Waals surface area contributed by atoms with E-state index in [0.717, 1.165) is 19.6 Å². The number of rotatable bonds is 2. The fourth-order valence-electron chi connectivity index (χ4n) is 3.17. The SMILES string of the molecule is FC1(F)CNC[C@@H]2CN(Cc3ccccc3)C[C@@H]21. The molecular formula is C14H18F2N2. The number of halogens is 2. The Morgan fingerprint density at radius 3 is 2.72 bits per heavy atom. The molecule has 0 aromatic heterocycles. The predicted octanol–water partition coefficient (Wildman–Crippen LogP) is 1.97. The number of nitrogens with one attached hydrogen (secondary N) is 1. The van der Waals surface area contributed by atoms with Crippen molar-refractivity contribution in [2.24, 2.45) is 11.8 Å². The molecule has 0 aliphatic carbocycles. The van der Waals surface area contributed by atoms with Crippen molar-refractivity contribution in [2.45, 2.75) is 12.5 Å². The maximum Gasteiger partial charge on any atom is 0.264 e. The molecule has 0 amide bonds. The van der Waals surface area contributed by atoms with Crippen LogP contribution < -0.4 is 5.32 Å². The van der Waals surface area contributed by atoms with Gasteiger partial charge in [0.15, 0.2) is 0 Å². The fourth-order valence-corrected chi connectivity index (χ4v) is 3.17. The summed E-state index contributed by atoms with van der Waals surface area (Å²) in [5.74, 6) is -2.92. The van der Waals surface area contributed by atoms with E-state index in [2.05, 4.69) is 22.3 Å². The molecule has 0 unspecified atom stereocenters. The molecule has 0 bridgehead atoms. The number of fused-ring (bicyclic) bond motifs is 1. The van der Waals surface area contributed by atoms with Crippen LogP contribution in [0.5, 0.6) is 0 Å². The van der Waals surface area contributed by atoms with Crippen LogP contribution in [0.2, 0.25) is 0 Å². The third-order valence-corrected chi connectivity index (χ3v) is 4.08. The Labute approximate surface area is 106 Å². The van der Waals surface area contributed by atoms with Gasteiger partial charge in [-0.2, -0.15) is 0 Å². The number of hydrogen-bond acceptors (Lipinski definition) is 2. The minimum atomic E-state index is -2.55. The molecule has 2 aliphatic heterocycles. The van der Waals surface area contributed by atoms with Gasteiger partial charge in [0.1, 0.15) is 0 Å². The lowest BCUT2D eigenvalue weighted by molar-refractivity contribution is -0.0820. The van der Waals surface area contributed by atoms with Gasteiger partial charge in [0, 0.05) is 25.6 Å². The van der Waals surface area contributed by atoms with E-state index in [4.69, 9.17) is 0 Å². The van der Waals surface area contributed by atoms with Crippen molar-refractivity contribution in [3.8, 4) is 0 Å². The van der Waals surface area contributed by atoms with Crippen molar-refractivity contribution in [1.82, 2.24) is 10.2 Å². The van der Waals surface area contributed by atoms with Gasteiger partial charge in [0.25, 0.3) is 5.92 Å². The Morgan fingerprint density at radius 2 is 2.00 bits per heavy atom. The van der Waals surface area contributed by atoms with Gasteiger partial charge in [0.2, 0.25) is 0 Å². The van der Waals surface area contributed by atoms with Gasteiger partial charge in [-0.3, -0.25) is 4.90 Å². The maximum absolute atomic E-state index is 13.8. The summed E-state index contributed by atoms with van der Waals surface area (Å²) in [4.78, 5) is 2.16. The second kappa shape index (κ2) is 4.59. The van der Waals surface area contributed by atoms with E-state index in [0.29, 0.717) is 6.54 Å². The Bertz CT molecular complexity index is 408. The summed E-state index contributed by atoms with van der Waals surface area (Å²) in [6.07, 6.45) is 0. The van der Waals surface area contributed by atoms with E-state index in [1.165, 1.54) is 5.56 Å². The summed E-state index contributed by atoms with van der Waals surface area (Å²) in [6.45, 7) is 2.65. The van der Waals surface area contributed by atoms with Gasteiger partial charge in [0.05, 0.1) is 6.54 Å². The van der Waals surface area contributed by atoms with Crippen LogP contribution in [-0.2, 0) is 6.54 Å². The van der Waals surface area contributed by atoms with Crippen LogP contribution in [0.4, 0.5) is 8.78 Å². The van der Waals surface area contributed by atoms with Crippen molar-refractivity contribution in [3.63, 3.8) is 0 Å². The first-order chi connectivity index (χ1) is 8.65. The molecule has 1 aromatic rings. The van der Waals surface area contributed by atoms with Crippen LogP contribution in [0.25, 0.3) is 0 Å². The lowest BCUT2D eigenvalue weighted by Gasteiger charge is -2.33. The molecular weight excluding hydrogens is 234 g/mol.